The van der Waals surface area contributed by atoms with Crippen LogP contribution in [-0.2, 0) is 16.1 Å². The lowest BCUT2D eigenvalue weighted by atomic mass is 10.1. The zero-order valence-corrected chi connectivity index (χ0v) is 14.5. The third-order valence-electron chi connectivity index (χ3n) is 3.59. The molecule has 0 spiro atoms. The Morgan fingerprint density at radius 1 is 1.29 bits per heavy atom. The molecular weight excluding hydrogens is 332 g/mol. The number of carbonyl (C=O) groups excluding carboxylic acids is 1. The Morgan fingerprint density at radius 2 is 1.86 bits per heavy atom. The van der Waals surface area contributed by atoms with Crippen LogP contribution in [-0.4, -0.2) is 48.5 Å². The van der Waals surface area contributed by atoms with Crippen molar-refractivity contribution in [2.75, 3.05) is 38.3 Å². The van der Waals surface area contributed by atoms with Gasteiger partial charge in [0.05, 0.1) is 17.5 Å². The van der Waals surface area contributed by atoms with Crippen molar-refractivity contribution in [2.24, 2.45) is 0 Å². The van der Waals surface area contributed by atoms with Gasteiger partial charge in [-0.05, 0) is 31.5 Å². The van der Waals surface area contributed by atoms with Gasteiger partial charge in [-0.15, -0.1) is 0 Å². The van der Waals surface area contributed by atoms with E-state index in [0.717, 1.165) is 31.9 Å². The average Bonchev–Trinajstić information content (AvgIpc) is 2.47. The van der Waals surface area contributed by atoms with Crippen LogP contribution in [0.15, 0.2) is 24.3 Å². The third-order valence-corrected chi connectivity index (χ3v) is 3.93. The van der Waals surface area contributed by atoms with Gasteiger partial charge in [0.2, 0.25) is 5.91 Å². The van der Waals surface area contributed by atoms with Crippen LogP contribution in [0.1, 0.15) is 19.4 Å². The Balaban J connectivity index is 1.97. The minimum absolute atomic E-state index is 0.0831. The monoisotopic (exact) mass is 354 g/mol. The van der Waals surface area contributed by atoms with Crippen LogP contribution in [0.5, 0.6) is 0 Å². The third kappa shape index (κ3) is 4.45. The van der Waals surface area contributed by atoms with Crippen molar-refractivity contribution >= 4 is 27.5 Å². The minimum Gasteiger partial charge on any atom is -0.378 e. The lowest BCUT2D eigenvalue weighted by Gasteiger charge is -2.29. The van der Waals surface area contributed by atoms with Gasteiger partial charge in [0.25, 0.3) is 0 Å². The average molecular weight is 355 g/mol. The number of anilines is 1. The number of amides is 1. The maximum Gasteiger partial charge on any atom is 0.238 e. The topological polar surface area (TPSA) is 32.8 Å². The second-order valence-corrected chi connectivity index (χ2v) is 7.88. The minimum atomic E-state index is -0.518. The first-order valence-electron chi connectivity index (χ1n) is 7.24. The van der Waals surface area contributed by atoms with E-state index >= 15 is 0 Å². The molecule has 1 aromatic rings. The van der Waals surface area contributed by atoms with Crippen LogP contribution < -0.4 is 4.90 Å². The molecule has 0 aliphatic carbocycles. The Kier molecular flexibility index (Phi) is 5.27. The molecule has 1 aliphatic rings. The number of halogens is 1. The molecule has 116 valence electrons. The summed E-state index contributed by atoms with van der Waals surface area (Å²) in [6.45, 7) is 7.82. The first-order chi connectivity index (χ1) is 9.88. The Labute approximate surface area is 135 Å². The van der Waals surface area contributed by atoms with Crippen molar-refractivity contribution in [3.8, 4) is 0 Å². The summed E-state index contributed by atoms with van der Waals surface area (Å²) in [6, 6.07) is 8.43. The van der Waals surface area contributed by atoms with Crippen molar-refractivity contribution in [3.63, 3.8) is 0 Å². The van der Waals surface area contributed by atoms with Crippen LogP contribution in [0, 0.1) is 0 Å². The van der Waals surface area contributed by atoms with Gasteiger partial charge in [-0.3, -0.25) is 4.79 Å². The summed E-state index contributed by atoms with van der Waals surface area (Å²) in [6.07, 6.45) is 0. The van der Waals surface area contributed by atoms with Crippen molar-refractivity contribution in [1.82, 2.24) is 4.90 Å². The lowest BCUT2D eigenvalue weighted by molar-refractivity contribution is -0.131. The maximum absolute atomic E-state index is 12.1. The van der Waals surface area contributed by atoms with Gasteiger partial charge < -0.3 is 14.5 Å². The van der Waals surface area contributed by atoms with E-state index in [0.29, 0.717) is 6.54 Å². The molecule has 1 aliphatic heterocycles. The first-order valence-corrected chi connectivity index (χ1v) is 8.03. The predicted molar refractivity (Wildman–Crippen MR) is 89.0 cm³/mol. The second-order valence-electron chi connectivity index (χ2n) is 5.90. The van der Waals surface area contributed by atoms with E-state index < -0.39 is 4.32 Å². The van der Waals surface area contributed by atoms with Crippen molar-refractivity contribution < 1.29 is 9.53 Å². The zero-order valence-electron chi connectivity index (χ0n) is 12.9. The predicted octanol–water partition coefficient (Wildman–Crippen LogP) is 2.66. The molecule has 1 fully saturated rings. The van der Waals surface area contributed by atoms with Gasteiger partial charge in [-0.2, -0.15) is 0 Å². The van der Waals surface area contributed by atoms with Crippen LogP contribution >= 0.6 is 15.9 Å². The lowest BCUT2D eigenvalue weighted by Crippen LogP contribution is -2.38. The summed E-state index contributed by atoms with van der Waals surface area (Å²) in [5.41, 5.74) is 2.36. The quantitative estimate of drug-likeness (QED) is 0.779. The molecule has 2 rings (SSSR count). The highest BCUT2D eigenvalue weighted by molar-refractivity contribution is 9.10. The SMILES string of the molecule is CN(Cc1ccc(N2CCOCC2)cc1)C(=O)C(C)(C)Br. The highest BCUT2D eigenvalue weighted by Crippen LogP contribution is 2.21. The zero-order chi connectivity index (χ0) is 15.5. The molecular formula is C16H23BrN2O2. The summed E-state index contributed by atoms with van der Waals surface area (Å²) >= 11 is 3.41. The van der Waals surface area contributed by atoms with E-state index in [4.69, 9.17) is 4.74 Å². The maximum atomic E-state index is 12.1. The number of ether oxygens (including phenoxy) is 1. The number of nitrogens with zero attached hydrogens (tertiary/aromatic N) is 2. The molecule has 21 heavy (non-hydrogen) atoms. The van der Waals surface area contributed by atoms with E-state index in [1.54, 1.807) is 4.90 Å². The highest BCUT2D eigenvalue weighted by Gasteiger charge is 2.26. The molecule has 0 aromatic heterocycles. The molecule has 0 atom stereocenters. The Hall–Kier alpha value is -1.07. The van der Waals surface area contributed by atoms with Crippen molar-refractivity contribution in [2.45, 2.75) is 24.7 Å². The summed E-state index contributed by atoms with van der Waals surface area (Å²) in [5.74, 6) is 0.0831. The largest absolute Gasteiger partial charge is 0.378 e. The normalized spacial score (nSPS) is 15.9. The number of alkyl halides is 1. The van der Waals surface area contributed by atoms with Gasteiger partial charge in [-0.25, -0.2) is 0 Å². The number of rotatable bonds is 4. The fraction of sp³-hybridized carbons (Fsp3) is 0.562. The van der Waals surface area contributed by atoms with Gasteiger partial charge in [0, 0.05) is 32.4 Å². The molecule has 1 heterocycles. The standard InChI is InChI=1S/C16H23BrN2O2/c1-16(2,17)15(20)18(3)12-13-4-6-14(7-5-13)19-8-10-21-11-9-19/h4-7H,8-12H2,1-3H3. The Morgan fingerprint density at radius 3 is 2.38 bits per heavy atom. The van der Waals surface area contributed by atoms with Crippen LogP contribution in [0.3, 0.4) is 0 Å². The number of benzene rings is 1. The molecule has 4 nitrogen and oxygen atoms in total. The Bertz CT molecular complexity index is 476. The fourth-order valence-electron chi connectivity index (χ4n) is 2.43. The number of morpholine rings is 1. The van der Waals surface area contributed by atoms with E-state index in [2.05, 4.69) is 45.1 Å². The number of hydrogen-bond acceptors (Lipinski definition) is 3. The molecule has 5 heteroatoms. The van der Waals surface area contributed by atoms with Gasteiger partial charge in [0.15, 0.2) is 0 Å². The van der Waals surface area contributed by atoms with Gasteiger partial charge >= 0.3 is 0 Å². The molecule has 0 unspecified atom stereocenters. The molecule has 1 amide bonds. The van der Waals surface area contributed by atoms with E-state index in [9.17, 15) is 4.79 Å². The molecule has 1 aromatic carbocycles. The number of hydrogen-bond donors (Lipinski definition) is 0. The second kappa shape index (κ2) is 6.79. The summed E-state index contributed by atoms with van der Waals surface area (Å²) < 4.78 is 4.85. The summed E-state index contributed by atoms with van der Waals surface area (Å²) in [5, 5.41) is 0. The molecule has 0 radical (unpaired) electrons. The first kappa shape index (κ1) is 16.3. The molecule has 1 saturated heterocycles. The van der Waals surface area contributed by atoms with Crippen molar-refractivity contribution in [1.29, 1.82) is 0 Å². The van der Waals surface area contributed by atoms with Gasteiger partial charge in [0.1, 0.15) is 0 Å². The fourth-order valence-corrected chi connectivity index (χ4v) is 2.74. The van der Waals surface area contributed by atoms with Crippen LogP contribution in [0.25, 0.3) is 0 Å². The summed E-state index contributed by atoms with van der Waals surface area (Å²) in [7, 11) is 1.83. The smallest absolute Gasteiger partial charge is 0.238 e. The van der Waals surface area contributed by atoms with Crippen LogP contribution in [0.4, 0.5) is 5.69 Å². The van der Waals surface area contributed by atoms with E-state index in [1.807, 2.05) is 20.9 Å². The molecule has 0 bridgehead atoms. The molecule has 0 N–H and O–H groups in total. The van der Waals surface area contributed by atoms with Crippen molar-refractivity contribution in [3.05, 3.63) is 29.8 Å². The van der Waals surface area contributed by atoms with Gasteiger partial charge in [-0.1, -0.05) is 28.1 Å². The van der Waals surface area contributed by atoms with E-state index in [-0.39, 0.29) is 5.91 Å². The highest BCUT2D eigenvalue weighted by atomic mass is 79.9. The van der Waals surface area contributed by atoms with Crippen LogP contribution in [0.2, 0.25) is 0 Å². The summed E-state index contributed by atoms with van der Waals surface area (Å²) in [4.78, 5) is 16.2. The molecule has 0 saturated carbocycles. The number of carbonyl (C=O) groups is 1. The van der Waals surface area contributed by atoms with E-state index in [1.165, 1.54) is 5.69 Å².